The fourth-order valence-corrected chi connectivity index (χ4v) is 6.35. The monoisotopic (exact) mass is 620 g/mol. The Bertz CT molecular complexity index is 2510. The SMILES string of the molecule is c1cnc2c(c1)N=C1C3=Nc4cccnc4-c4ncccc4N=C3C3=Nc4cccnc4-c4ccncc4NC3C1=Nc1cnccc1-2. The van der Waals surface area contributed by atoms with Gasteiger partial charge in [0.25, 0.3) is 0 Å². The summed E-state index contributed by atoms with van der Waals surface area (Å²) in [7, 11) is 0. The lowest BCUT2D eigenvalue weighted by molar-refractivity contribution is 1.17. The number of nitrogens with zero attached hydrogens (tertiary/aromatic N) is 11. The van der Waals surface area contributed by atoms with Crippen LogP contribution in [0.2, 0.25) is 0 Å². The second-order valence-corrected chi connectivity index (χ2v) is 11.3. The zero-order valence-electron chi connectivity index (χ0n) is 24.9. The number of hydrogen-bond acceptors (Lipinski definition) is 12. The molecule has 48 heavy (non-hydrogen) atoms. The van der Waals surface area contributed by atoms with Gasteiger partial charge in [-0.25, -0.2) is 25.0 Å². The highest BCUT2D eigenvalue weighted by Gasteiger charge is 2.43. The molecule has 12 nitrogen and oxygen atoms in total. The lowest BCUT2D eigenvalue weighted by Gasteiger charge is -2.34. The standard InChI is InChI=1S/C36H20N12/c1-5-21-27(39-11-1)19-9-15-37-17-25(19)47-35-33(43-21)31-32(46-24-8-4-14-42-30(24)29-23(45-31)7-3-13-41-29)34-36(35)48-26-18-38-16-10-20(26)28-22(44-34)6-2-12-40-28/h1-18,35,47H. The molecule has 1 atom stereocenters. The van der Waals surface area contributed by atoms with Crippen LogP contribution in [0.1, 0.15) is 0 Å². The van der Waals surface area contributed by atoms with Gasteiger partial charge in [-0.1, -0.05) is 0 Å². The minimum atomic E-state index is -0.628. The van der Waals surface area contributed by atoms with Gasteiger partial charge < -0.3 is 5.32 Å². The molecule has 0 spiro atoms. The normalized spacial score (nSPS) is 16.5. The Labute approximate surface area is 272 Å². The van der Waals surface area contributed by atoms with Gasteiger partial charge in [-0.15, -0.1) is 0 Å². The summed E-state index contributed by atoms with van der Waals surface area (Å²) < 4.78 is 0. The van der Waals surface area contributed by atoms with Crippen molar-refractivity contribution in [1.29, 1.82) is 0 Å². The predicted molar refractivity (Wildman–Crippen MR) is 185 cm³/mol. The third-order valence-electron chi connectivity index (χ3n) is 8.46. The molecule has 3 aliphatic heterocycles. The molecule has 0 bridgehead atoms. The second kappa shape index (κ2) is 10.3. The molecule has 224 valence electrons. The van der Waals surface area contributed by atoms with Crippen molar-refractivity contribution in [2.45, 2.75) is 6.04 Å². The molecule has 1 saturated carbocycles. The Hall–Kier alpha value is -6.95. The first-order valence-electron chi connectivity index (χ1n) is 15.2. The Morgan fingerprint density at radius 1 is 0.417 bits per heavy atom. The number of aromatic nitrogens is 6. The Balaban J connectivity index is 1.36. The molecule has 1 unspecified atom stereocenters. The van der Waals surface area contributed by atoms with Crippen molar-refractivity contribution in [3.63, 3.8) is 0 Å². The molecular weight excluding hydrogens is 600 g/mol. The number of hydrogen-bond donors (Lipinski definition) is 1. The lowest BCUT2D eigenvalue weighted by Crippen LogP contribution is -2.56. The largest absolute Gasteiger partial charge is 0.370 e. The maximum absolute atomic E-state index is 5.31. The summed E-state index contributed by atoms with van der Waals surface area (Å²) in [5.41, 5.74) is 11.0. The molecule has 6 aromatic rings. The number of anilines is 1. The minimum absolute atomic E-state index is 0.494. The van der Waals surface area contributed by atoms with Crippen LogP contribution in [0.5, 0.6) is 0 Å². The molecule has 0 saturated heterocycles. The van der Waals surface area contributed by atoms with Gasteiger partial charge in [0.1, 0.15) is 34.6 Å². The molecule has 4 aliphatic rings. The van der Waals surface area contributed by atoms with Crippen LogP contribution in [0, 0.1) is 0 Å². The van der Waals surface area contributed by atoms with E-state index in [2.05, 4.69) is 25.3 Å². The van der Waals surface area contributed by atoms with Crippen LogP contribution >= 0.6 is 0 Å². The van der Waals surface area contributed by atoms with E-state index in [1.54, 1.807) is 49.6 Å². The number of aliphatic imine (C=N–C) groups is 5. The van der Waals surface area contributed by atoms with Crippen molar-refractivity contribution in [2.24, 2.45) is 25.0 Å². The van der Waals surface area contributed by atoms with Crippen LogP contribution in [-0.2, 0) is 0 Å². The van der Waals surface area contributed by atoms with Crippen LogP contribution in [-0.4, -0.2) is 64.5 Å². The van der Waals surface area contributed by atoms with Crippen LogP contribution < -0.4 is 5.32 Å². The summed E-state index contributed by atoms with van der Waals surface area (Å²) in [4.78, 5) is 54.1. The van der Waals surface area contributed by atoms with Gasteiger partial charge in [-0.3, -0.25) is 29.9 Å². The van der Waals surface area contributed by atoms with Crippen molar-refractivity contribution < 1.29 is 0 Å². The number of fused-ring (bicyclic) bond motifs is 15. The van der Waals surface area contributed by atoms with E-state index in [-0.39, 0.29) is 0 Å². The zero-order chi connectivity index (χ0) is 31.6. The van der Waals surface area contributed by atoms with E-state index >= 15 is 0 Å². The maximum Gasteiger partial charge on any atom is 0.119 e. The van der Waals surface area contributed by atoms with Crippen molar-refractivity contribution >= 4 is 62.7 Å². The molecule has 6 aromatic heterocycles. The highest BCUT2D eigenvalue weighted by Crippen LogP contribution is 2.42. The lowest BCUT2D eigenvalue weighted by atomic mass is 9.83. The molecule has 0 radical (unpaired) electrons. The first kappa shape index (κ1) is 26.3. The number of nitrogens with one attached hydrogen (secondary N) is 1. The second-order valence-electron chi connectivity index (χ2n) is 11.3. The van der Waals surface area contributed by atoms with Gasteiger partial charge in [0.2, 0.25) is 0 Å². The smallest absolute Gasteiger partial charge is 0.119 e. The number of pyridine rings is 6. The zero-order valence-corrected chi connectivity index (χ0v) is 24.9. The third kappa shape index (κ3) is 3.99. The van der Waals surface area contributed by atoms with E-state index in [1.165, 1.54) is 0 Å². The average Bonchev–Trinajstić information content (AvgIpc) is 3.11. The van der Waals surface area contributed by atoms with Crippen LogP contribution in [0.4, 0.5) is 34.1 Å². The maximum atomic E-state index is 5.31. The molecule has 1 N–H and O–H groups in total. The highest BCUT2D eigenvalue weighted by molar-refractivity contribution is 6.97. The summed E-state index contributed by atoms with van der Waals surface area (Å²) >= 11 is 0. The molecule has 10 rings (SSSR count). The van der Waals surface area contributed by atoms with Gasteiger partial charge in [0, 0.05) is 48.3 Å². The van der Waals surface area contributed by atoms with Gasteiger partial charge in [0.15, 0.2) is 0 Å². The Kier molecular flexibility index (Phi) is 5.63. The van der Waals surface area contributed by atoms with Gasteiger partial charge in [0.05, 0.1) is 69.3 Å². The fourth-order valence-electron chi connectivity index (χ4n) is 6.35. The summed E-state index contributed by atoms with van der Waals surface area (Å²) in [5.74, 6) is 0. The van der Waals surface area contributed by atoms with E-state index < -0.39 is 6.04 Å². The minimum Gasteiger partial charge on any atom is -0.370 e. The summed E-state index contributed by atoms with van der Waals surface area (Å²) in [6.07, 6.45) is 14.0. The summed E-state index contributed by atoms with van der Waals surface area (Å²) in [6.45, 7) is 0. The molecule has 1 aliphatic carbocycles. The van der Waals surface area contributed by atoms with Crippen LogP contribution in [0.15, 0.2) is 135 Å². The first-order valence-corrected chi connectivity index (χ1v) is 15.2. The number of rotatable bonds is 0. The fraction of sp³-hybridized carbons (Fsp3) is 0.0278. The quantitative estimate of drug-likeness (QED) is 0.199. The molecule has 0 aromatic carbocycles. The van der Waals surface area contributed by atoms with Gasteiger partial charge in [-0.2, -0.15) is 0 Å². The van der Waals surface area contributed by atoms with Crippen molar-refractivity contribution in [3.8, 4) is 33.9 Å². The Morgan fingerprint density at radius 3 is 1.54 bits per heavy atom. The van der Waals surface area contributed by atoms with Crippen molar-refractivity contribution in [2.75, 3.05) is 5.32 Å². The average molecular weight is 621 g/mol. The van der Waals surface area contributed by atoms with Gasteiger partial charge >= 0.3 is 0 Å². The van der Waals surface area contributed by atoms with Crippen molar-refractivity contribution in [1.82, 2.24) is 29.9 Å². The molecule has 1 fully saturated rings. The van der Waals surface area contributed by atoms with E-state index in [9.17, 15) is 0 Å². The first-order chi connectivity index (χ1) is 23.8. The summed E-state index contributed by atoms with van der Waals surface area (Å²) in [5, 5.41) is 3.71. The van der Waals surface area contributed by atoms with Crippen molar-refractivity contribution in [3.05, 3.63) is 110 Å². The summed E-state index contributed by atoms with van der Waals surface area (Å²) in [6, 6.07) is 18.4. The van der Waals surface area contributed by atoms with Crippen LogP contribution in [0.25, 0.3) is 33.9 Å². The van der Waals surface area contributed by atoms with E-state index in [0.29, 0.717) is 79.8 Å². The third-order valence-corrected chi connectivity index (χ3v) is 8.46. The molecule has 12 heteroatoms. The van der Waals surface area contributed by atoms with E-state index in [1.807, 2.05) is 60.7 Å². The molecular formula is C36H20N12. The predicted octanol–water partition coefficient (Wildman–Crippen LogP) is 6.66. The van der Waals surface area contributed by atoms with Gasteiger partial charge in [-0.05, 0) is 60.7 Å². The van der Waals surface area contributed by atoms with E-state index in [4.69, 9.17) is 34.9 Å². The topological polar surface area (TPSA) is 151 Å². The highest BCUT2D eigenvalue weighted by atomic mass is 15.1. The van der Waals surface area contributed by atoms with Crippen LogP contribution in [0.3, 0.4) is 0 Å². The Morgan fingerprint density at radius 2 is 0.896 bits per heavy atom. The van der Waals surface area contributed by atoms with E-state index in [0.717, 1.165) is 16.8 Å². The molecule has 9 heterocycles. The molecule has 0 amide bonds.